The van der Waals surface area contributed by atoms with Crippen LogP contribution in [0.25, 0.3) is 0 Å². The monoisotopic (exact) mass is 413 g/mol. The van der Waals surface area contributed by atoms with Crippen LogP contribution in [0.2, 0.25) is 0 Å². The largest absolute Gasteiger partial charge is 0.460 e. The Labute approximate surface area is 135 Å². The molecule has 0 aromatic carbocycles. The molecule has 0 aromatic heterocycles. The van der Waals surface area contributed by atoms with E-state index in [0.717, 1.165) is 12.4 Å². The van der Waals surface area contributed by atoms with Gasteiger partial charge in [-0.1, -0.05) is 9.98 Å². The van der Waals surface area contributed by atoms with Crippen molar-refractivity contribution in [3.8, 4) is 0 Å². The zero-order valence-corrected chi connectivity index (χ0v) is 11.9. The summed E-state index contributed by atoms with van der Waals surface area (Å²) in [6.45, 7) is 0. The Morgan fingerprint density at radius 2 is 0.962 bits per heavy atom. The molecule has 1 rings (SSSR count). The number of alkyl halides is 13. The first-order valence-electron chi connectivity index (χ1n) is 6.21. The fourth-order valence-corrected chi connectivity index (χ4v) is 1.63. The Kier molecular flexibility index (Phi) is 5.31. The van der Waals surface area contributed by atoms with Gasteiger partial charge in [-0.2, -0.15) is 57.1 Å². The molecule has 0 aromatic rings. The molecule has 0 amide bonds. The lowest BCUT2D eigenvalue weighted by atomic mass is 9.92. The van der Waals surface area contributed by atoms with Crippen LogP contribution >= 0.6 is 0 Å². The minimum Gasteiger partial charge on any atom is -0.200 e. The van der Waals surface area contributed by atoms with Crippen molar-refractivity contribution >= 4 is 12.4 Å². The van der Waals surface area contributed by atoms with Crippen LogP contribution < -0.4 is 0 Å². The van der Waals surface area contributed by atoms with E-state index in [-0.39, 0.29) is 0 Å². The topological polar surface area (TPSA) is 24.7 Å². The maximum atomic E-state index is 13.4. The first kappa shape index (κ1) is 22.3. The lowest BCUT2D eigenvalue weighted by molar-refractivity contribution is -0.440. The van der Waals surface area contributed by atoms with E-state index in [0.29, 0.717) is 0 Å². The van der Waals surface area contributed by atoms with Crippen LogP contribution in [0.4, 0.5) is 57.1 Å². The Morgan fingerprint density at radius 1 is 0.577 bits per heavy atom. The van der Waals surface area contributed by atoms with Gasteiger partial charge in [0.05, 0.1) is 6.42 Å². The molecular weight excluding hydrogens is 407 g/mol. The van der Waals surface area contributed by atoms with Gasteiger partial charge in [0.1, 0.15) is 0 Å². The Hall–Kier alpha value is -1.70. The normalized spacial score (nSPS) is 17.3. The van der Waals surface area contributed by atoms with Crippen LogP contribution in [0.1, 0.15) is 12.8 Å². The molecule has 0 atom stereocenters. The fourth-order valence-electron chi connectivity index (χ4n) is 1.63. The van der Waals surface area contributed by atoms with E-state index in [1.165, 1.54) is 0 Å². The average molecular weight is 413 g/mol. The first-order valence-corrected chi connectivity index (χ1v) is 6.21. The van der Waals surface area contributed by atoms with Crippen molar-refractivity contribution in [3.63, 3.8) is 0 Å². The van der Waals surface area contributed by atoms with Crippen molar-refractivity contribution in [2.24, 2.45) is 9.98 Å². The minimum absolute atomic E-state index is 0.601. The standard InChI is InChI=1S/C11H6F13N2/c12-6(13,2-1-5-25-3-4-26-5)7(14,15)8(16,17)9(18,19)10(20,21)11(22,23)24/h3-4H,1-2H2/q+1. The van der Waals surface area contributed by atoms with E-state index in [2.05, 4.69) is 9.98 Å². The smallest absolute Gasteiger partial charge is 0.200 e. The van der Waals surface area contributed by atoms with Crippen molar-refractivity contribution in [1.82, 2.24) is 0 Å². The molecule has 15 heteroatoms. The highest BCUT2D eigenvalue weighted by molar-refractivity contribution is 6.18. The lowest BCUT2D eigenvalue weighted by Gasteiger charge is -2.39. The minimum atomic E-state index is -7.87. The summed E-state index contributed by atoms with van der Waals surface area (Å²) in [6.07, 6.45) is -9.86. The lowest BCUT2D eigenvalue weighted by Crippen LogP contribution is -2.70. The second-order valence-electron chi connectivity index (χ2n) is 4.97. The molecule has 0 aliphatic carbocycles. The molecule has 1 heterocycles. The molecule has 0 unspecified atom stereocenters. The number of halogens is 13. The highest BCUT2D eigenvalue weighted by Gasteiger charge is 2.90. The summed E-state index contributed by atoms with van der Waals surface area (Å²) in [7, 11) is 0. The van der Waals surface area contributed by atoms with E-state index in [9.17, 15) is 57.1 Å². The van der Waals surface area contributed by atoms with Crippen LogP contribution in [0, 0.1) is 6.17 Å². The molecule has 0 radical (unpaired) electrons. The van der Waals surface area contributed by atoms with Crippen molar-refractivity contribution in [1.29, 1.82) is 0 Å². The molecule has 0 spiro atoms. The number of hydrogen-bond donors (Lipinski definition) is 0. The summed E-state index contributed by atoms with van der Waals surface area (Å²) >= 11 is 0. The number of nitrogens with zero attached hydrogens (tertiary/aromatic N) is 2. The second kappa shape index (κ2) is 6.18. The predicted molar refractivity (Wildman–Crippen MR) is 60.3 cm³/mol. The van der Waals surface area contributed by atoms with Gasteiger partial charge >= 0.3 is 35.8 Å². The van der Waals surface area contributed by atoms with Crippen LogP contribution in [0.3, 0.4) is 0 Å². The predicted octanol–water partition coefficient (Wildman–Crippen LogP) is 5.15. The number of hydrogen-bond acceptors (Lipinski definition) is 2. The summed E-state index contributed by atoms with van der Waals surface area (Å²) in [6, 6.07) is 0. The molecule has 150 valence electrons. The SMILES string of the molecule is FC(F)(F)C(F)(F)C(F)(F)C(F)(F)C(F)(F)C(F)(F)CC[C+]1N=CC=N1. The van der Waals surface area contributed by atoms with Crippen LogP contribution in [-0.4, -0.2) is 48.2 Å². The third-order valence-electron chi connectivity index (χ3n) is 3.17. The Balaban J connectivity index is 3.20. The van der Waals surface area contributed by atoms with Crippen LogP contribution in [-0.2, 0) is 0 Å². The quantitative estimate of drug-likeness (QED) is 0.408. The summed E-state index contributed by atoms with van der Waals surface area (Å²) in [5.74, 6) is -36.7. The maximum Gasteiger partial charge on any atom is 0.460 e. The van der Waals surface area contributed by atoms with Gasteiger partial charge < -0.3 is 0 Å². The first-order chi connectivity index (χ1) is 11.3. The summed E-state index contributed by atoms with van der Waals surface area (Å²) in [5, 5.41) is 0. The molecule has 0 N–H and O–H groups in total. The summed E-state index contributed by atoms with van der Waals surface area (Å²) in [4.78, 5) is 6.38. The van der Waals surface area contributed by atoms with Gasteiger partial charge in [0, 0.05) is 6.42 Å². The van der Waals surface area contributed by atoms with E-state index in [1.807, 2.05) is 0 Å². The Morgan fingerprint density at radius 3 is 1.35 bits per heavy atom. The average Bonchev–Trinajstić information content (AvgIpc) is 2.96. The van der Waals surface area contributed by atoms with Gasteiger partial charge in [0.25, 0.3) is 0 Å². The maximum absolute atomic E-state index is 13.4. The van der Waals surface area contributed by atoms with Gasteiger partial charge in [0.15, 0.2) is 12.4 Å². The van der Waals surface area contributed by atoms with Crippen molar-refractivity contribution in [2.75, 3.05) is 0 Å². The third kappa shape index (κ3) is 3.19. The number of aliphatic imine (C=N–C) groups is 2. The van der Waals surface area contributed by atoms with Crippen LogP contribution in [0.15, 0.2) is 9.98 Å². The van der Waals surface area contributed by atoms with Gasteiger partial charge in [-0.05, 0) is 0 Å². The zero-order valence-electron chi connectivity index (χ0n) is 11.9. The highest BCUT2D eigenvalue weighted by Crippen LogP contribution is 2.60. The van der Waals surface area contributed by atoms with Crippen molar-refractivity contribution in [3.05, 3.63) is 6.17 Å². The van der Waals surface area contributed by atoms with Crippen LogP contribution in [0.5, 0.6) is 0 Å². The van der Waals surface area contributed by atoms with Crippen molar-refractivity contribution in [2.45, 2.75) is 48.6 Å². The molecule has 1 aliphatic rings. The highest BCUT2D eigenvalue weighted by atomic mass is 19.4. The molecule has 0 bridgehead atoms. The number of rotatable bonds is 7. The van der Waals surface area contributed by atoms with E-state index in [4.69, 9.17) is 0 Å². The Bertz CT molecular complexity index is 563. The zero-order chi connectivity index (χ0) is 20.8. The van der Waals surface area contributed by atoms with E-state index in [1.54, 1.807) is 0 Å². The van der Waals surface area contributed by atoms with Gasteiger partial charge in [0.2, 0.25) is 6.17 Å². The molecular formula is C11H6F13N2+. The molecule has 1 aliphatic heterocycles. The third-order valence-corrected chi connectivity index (χ3v) is 3.17. The summed E-state index contributed by atoms with van der Waals surface area (Å²) < 4.78 is 166. The van der Waals surface area contributed by atoms with Gasteiger partial charge in [-0.3, -0.25) is 0 Å². The fraction of sp³-hybridized carbons (Fsp3) is 0.727. The molecule has 26 heavy (non-hydrogen) atoms. The van der Waals surface area contributed by atoms with E-state index >= 15 is 0 Å². The van der Waals surface area contributed by atoms with E-state index < -0.39 is 54.8 Å². The van der Waals surface area contributed by atoms with Gasteiger partial charge in [-0.15, -0.1) is 0 Å². The molecule has 2 nitrogen and oxygen atoms in total. The summed E-state index contributed by atoms with van der Waals surface area (Å²) in [5.41, 5.74) is 0. The second-order valence-corrected chi connectivity index (χ2v) is 4.97. The molecule has 0 saturated carbocycles. The molecule has 0 saturated heterocycles. The van der Waals surface area contributed by atoms with Crippen molar-refractivity contribution < 1.29 is 57.1 Å². The van der Waals surface area contributed by atoms with Gasteiger partial charge in [-0.25, -0.2) is 0 Å². The molecule has 0 fully saturated rings.